The molecule has 0 amide bonds. The minimum Gasteiger partial charge on any atom is -0.300 e. The van der Waals surface area contributed by atoms with Crippen molar-refractivity contribution in [1.82, 2.24) is 0 Å². The van der Waals surface area contributed by atoms with Gasteiger partial charge in [-0.15, -0.1) is 0 Å². The van der Waals surface area contributed by atoms with Gasteiger partial charge >= 0.3 is 0 Å². The molecule has 0 saturated heterocycles. The molecule has 3 aliphatic rings. The molecule has 2 heteroatoms. The van der Waals surface area contributed by atoms with E-state index < -0.39 is 0 Å². The lowest BCUT2D eigenvalue weighted by molar-refractivity contribution is 1.26. The van der Waals surface area contributed by atoms with E-state index in [0.29, 0.717) is 5.71 Å². The molecule has 1 heterocycles. The number of fused-ring (bicyclic) bond motifs is 1. The molecule has 0 aromatic carbocycles. The number of nitrogens with one attached hydrogen (secondary N) is 1. The van der Waals surface area contributed by atoms with Gasteiger partial charge in [0, 0.05) is 11.1 Å². The fourth-order valence-electron chi connectivity index (χ4n) is 1.84. The van der Waals surface area contributed by atoms with E-state index in [0.717, 1.165) is 29.0 Å². The summed E-state index contributed by atoms with van der Waals surface area (Å²) in [5.41, 5.74) is 4.61. The fraction of sp³-hybridized carbons (Fsp3) is 0.0909. The molecule has 3 rings (SSSR count). The van der Waals surface area contributed by atoms with Crippen LogP contribution in [0.15, 0.2) is 52.2 Å². The van der Waals surface area contributed by atoms with Crippen LogP contribution in [0.5, 0.6) is 0 Å². The van der Waals surface area contributed by atoms with E-state index in [1.807, 2.05) is 24.3 Å². The van der Waals surface area contributed by atoms with Gasteiger partial charge in [0.2, 0.25) is 0 Å². The lowest BCUT2D eigenvalue weighted by Crippen LogP contribution is -2.15. The molecule has 0 fully saturated rings. The van der Waals surface area contributed by atoms with Crippen molar-refractivity contribution >= 4 is 11.4 Å². The number of nitrogens with zero attached hydrogens (tertiary/aromatic N) is 1. The average molecular weight is 168 g/mol. The Kier molecular flexibility index (Phi) is 1.13. The third-order valence-electron chi connectivity index (χ3n) is 2.51. The van der Waals surface area contributed by atoms with Crippen molar-refractivity contribution in [3.05, 3.63) is 47.2 Å². The number of aliphatic imine (C=N–C) groups is 1. The first-order valence-electron chi connectivity index (χ1n) is 4.33. The molecule has 2 aliphatic carbocycles. The predicted octanol–water partition coefficient (Wildman–Crippen LogP) is 2.17. The summed E-state index contributed by atoms with van der Waals surface area (Å²) >= 11 is 0. The van der Waals surface area contributed by atoms with Crippen LogP contribution in [0.25, 0.3) is 0 Å². The molecule has 62 valence electrons. The zero-order chi connectivity index (χ0) is 8.84. The lowest BCUT2D eigenvalue weighted by Gasteiger charge is -2.14. The summed E-state index contributed by atoms with van der Waals surface area (Å²) in [4.78, 5) is 4.47. The molecule has 1 aliphatic heterocycles. The van der Waals surface area contributed by atoms with Gasteiger partial charge in [-0.05, 0) is 18.6 Å². The van der Waals surface area contributed by atoms with E-state index in [4.69, 9.17) is 5.41 Å². The molecular weight excluding hydrogens is 160 g/mol. The van der Waals surface area contributed by atoms with Gasteiger partial charge in [-0.2, -0.15) is 0 Å². The third-order valence-corrected chi connectivity index (χ3v) is 2.51. The van der Waals surface area contributed by atoms with Crippen molar-refractivity contribution in [1.29, 1.82) is 5.41 Å². The Morgan fingerprint density at radius 3 is 3.15 bits per heavy atom. The Labute approximate surface area is 76.2 Å². The van der Waals surface area contributed by atoms with Gasteiger partial charge in [-0.1, -0.05) is 18.2 Å². The summed E-state index contributed by atoms with van der Waals surface area (Å²) in [5.74, 6) is 0. The number of allylic oxidation sites excluding steroid dienone is 7. The molecule has 0 aromatic heterocycles. The summed E-state index contributed by atoms with van der Waals surface area (Å²) in [6.07, 6.45) is 10.8. The van der Waals surface area contributed by atoms with Crippen molar-refractivity contribution < 1.29 is 0 Å². The van der Waals surface area contributed by atoms with Gasteiger partial charge in [0.1, 0.15) is 0 Å². The van der Waals surface area contributed by atoms with Gasteiger partial charge in [0.25, 0.3) is 0 Å². The molecule has 0 bridgehead atoms. The van der Waals surface area contributed by atoms with Crippen molar-refractivity contribution in [2.24, 2.45) is 4.99 Å². The summed E-state index contributed by atoms with van der Waals surface area (Å²) in [6.45, 7) is 0. The van der Waals surface area contributed by atoms with E-state index >= 15 is 0 Å². The largest absolute Gasteiger partial charge is 0.300 e. The van der Waals surface area contributed by atoms with Crippen LogP contribution in [0.2, 0.25) is 0 Å². The molecular formula is C11H8N2. The molecule has 0 aromatic rings. The van der Waals surface area contributed by atoms with Gasteiger partial charge in [-0.25, -0.2) is 4.99 Å². The van der Waals surface area contributed by atoms with E-state index in [9.17, 15) is 0 Å². The van der Waals surface area contributed by atoms with E-state index in [-0.39, 0.29) is 0 Å². The fourth-order valence-corrected chi connectivity index (χ4v) is 1.84. The Bertz CT molecular complexity index is 456. The normalized spacial score (nSPS) is 23.2. The summed E-state index contributed by atoms with van der Waals surface area (Å²) in [6, 6.07) is 0. The highest BCUT2D eigenvalue weighted by molar-refractivity contribution is 6.35. The van der Waals surface area contributed by atoms with Crippen LogP contribution in [-0.4, -0.2) is 11.4 Å². The smallest absolute Gasteiger partial charge is 0.0730 e. The van der Waals surface area contributed by atoms with Crippen molar-refractivity contribution in [2.75, 3.05) is 0 Å². The van der Waals surface area contributed by atoms with Crippen LogP contribution in [0.1, 0.15) is 6.42 Å². The average Bonchev–Trinajstić information content (AvgIpc) is 2.71. The van der Waals surface area contributed by atoms with Gasteiger partial charge in [0.15, 0.2) is 0 Å². The Morgan fingerprint density at radius 1 is 1.31 bits per heavy atom. The van der Waals surface area contributed by atoms with Crippen molar-refractivity contribution in [3.63, 3.8) is 0 Å². The highest BCUT2D eigenvalue weighted by atomic mass is 14.8. The molecule has 0 spiro atoms. The van der Waals surface area contributed by atoms with Crippen LogP contribution in [0.3, 0.4) is 0 Å². The van der Waals surface area contributed by atoms with E-state index in [1.165, 1.54) is 0 Å². The topological polar surface area (TPSA) is 36.2 Å². The molecule has 0 radical (unpaired) electrons. The van der Waals surface area contributed by atoms with Gasteiger partial charge in [-0.3, -0.25) is 5.41 Å². The first kappa shape index (κ1) is 6.78. The molecule has 0 saturated carbocycles. The molecule has 13 heavy (non-hydrogen) atoms. The van der Waals surface area contributed by atoms with E-state index in [1.54, 1.807) is 0 Å². The number of rotatable bonds is 0. The van der Waals surface area contributed by atoms with E-state index in [2.05, 4.69) is 11.1 Å². The third kappa shape index (κ3) is 0.773. The predicted molar refractivity (Wildman–Crippen MR) is 53.2 cm³/mol. The molecule has 0 unspecified atom stereocenters. The standard InChI is InChI=1S/C11H8N2/c12-11-7-3-1-5-9(7)13-10-6-2-4-8(10)11/h1-3,5-6,12H,4H2. The molecule has 1 N–H and O–H groups in total. The highest BCUT2D eigenvalue weighted by Crippen LogP contribution is 2.30. The summed E-state index contributed by atoms with van der Waals surface area (Å²) < 4.78 is 0. The van der Waals surface area contributed by atoms with Crippen LogP contribution >= 0.6 is 0 Å². The lowest BCUT2D eigenvalue weighted by atomic mass is 9.96. The van der Waals surface area contributed by atoms with Crippen LogP contribution < -0.4 is 0 Å². The van der Waals surface area contributed by atoms with Crippen LogP contribution in [0, 0.1) is 5.41 Å². The zero-order valence-corrected chi connectivity index (χ0v) is 7.04. The van der Waals surface area contributed by atoms with Crippen molar-refractivity contribution in [3.8, 4) is 0 Å². The maximum Gasteiger partial charge on any atom is 0.0730 e. The second-order valence-electron chi connectivity index (χ2n) is 3.28. The Morgan fingerprint density at radius 2 is 2.23 bits per heavy atom. The highest BCUT2D eigenvalue weighted by Gasteiger charge is 2.25. The first-order valence-corrected chi connectivity index (χ1v) is 4.33. The minimum absolute atomic E-state index is 0.648. The Hall–Kier alpha value is -1.70. The maximum atomic E-state index is 7.96. The summed E-state index contributed by atoms with van der Waals surface area (Å²) in [7, 11) is 0. The Balaban J connectivity index is 2.22. The maximum absolute atomic E-state index is 7.96. The zero-order valence-electron chi connectivity index (χ0n) is 7.04. The number of hydrogen-bond donors (Lipinski definition) is 1. The molecule has 2 nitrogen and oxygen atoms in total. The van der Waals surface area contributed by atoms with Crippen LogP contribution in [0.4, 0.5) is 0 Å². The first-order chi connectivity index (χ1) is 6.36. The molecule has 0 atom stereocenters. The van der Waals surface area contributed by atoms with Gasteiger partial charge in [0.05, 0.1) is 17.1 Å². The minimum atomic E-state index is 0.648. The second-order valence-corrected chi connectivity index (χ2v) is 3.28. The second kappa shape index (κ2) is 2.16. The van der Waals surface area contributed by atoms with Crippen LogP contribution in [-0.2, 0) is 0 Å². The number of hydrogen-bond acceptors (Lipinski definition) is 2. The quantitative estimate of drug-likeness (QED) is 0.575. The monoisotopic (exact) mass is 168 g/mol. The van der Waals surface area contributed by atoms with Crippen molar-refractivity contribution in [2.45, 2.75) is 6.42 Å². The summed E-state index contributed by atoms with van der Waals surface area (Å²) in [5, 5.41) is 7.96. The van der Waals surface area contributed by atoms with Gasteiger partial charge < -0.3 is 0 Å². The SMILES string of the molecule is N=C1C2=CC=CC2=NC2=C1CC=C2.